The molecule has 0 aliphatic carbocycles. The van der Waals surface area contributed by atoms with Gasteiger partial charge in [-0.05, 0) is 31.1 Å². The highest BCUT2D eigenvalue weighted by Crippen LogP contribution is 2.32. The monoisotopic (exact) mass is 323 g/mol. The van der Waals surface area contributed by atoms with E-state index in [1.54, 1.807) is 0 Å². The average molecular weight is 323 g/mol. The van der Waals surface area contributed by atoms with Gasteiger partial charge in [0.15, 0.2) is 12.3 Å². The maximum Gasteiger partial charge on any atom is 0.156 e. The molecular weight excluding hydrogens is 301 g/mol. The van der Waals surface area contributed by atoms with Gasteiger partial charge in [0, 0.05) is 11.9 Å². The SMILES string of the molecule is CN(C)C[C@@H](F)[C@H](Oc1cccc2ccccc12)c1ccccc1. The Morgan fingerprint density at radius 2 is 1.54 bits per heavy atom. The third kappa shape index (κ3) is 3.74. The molecule has 0 bridgehead atoms. The van der Waals surface area contributed by atoms with Gasteiger partial charge in [0.25, 0.3) is 0 Å². The number of benzene rings is 3. The quantitative estimate of drug-likeness (QED) is 0.642. The summed E-state index contributed by atoms with van der Waals surface area (Å²) in [4.78, 5) is 1.84. The zero-order valence-electron chi connectivity index (χ0n) is 14.0. The first kappa shape index (κ1) is 16.5. The number of ether oxygens (including phenoxy) is 1. The summed E-state index contributed by atoms with van der Waals surface area (Å²) >= 11 is 0. The first-order valence-corrected chi connectivity index (χ1v) is 8.13. The molecule has 3 rings (SSSR count). The zero-order chi connectivity index (χ0) is 16.9. The van der Waals surface area contributed by atoms with Crippen LogP contribution in [-0.4, -0.2) is 31.7 Å². The van der Waals surface area contributed by atoms with Crippen LogP contribution in [-0.2, 0) is 0 Å². The summed E-state index contributed by atoms with van der Waals surface area (Å²) in [5, 5.41) is 2.09. The Bertz CT molecular complexity index is 783. The summed E-state index contributed by atoms with van der Waals surface area (Å²) in [6.07, 6.45) is -1.76. The van der Waals surface area contributed by atoms with Crippen LogP contribution in [0.4, 0.5) is 4.39 Å². The first-order valence-electron chi connectivity index (χ1n) is 8.13. The minimum Gasteiger partial charge on any atom is -0.482 e. The Labute approximate surface area is 142 Å². The highest BCUT2D eigenvalue weighted by Gasteiger charge is 2.26. The molecule has 0 heterocycles. The molecule has 3 heteroatoms. The zero-order valence-corrected chi connectivity index (χ0v) is 14.0. The molecule has 0 N–H and O–H groups in total. The van der Waals surface area contributed by atoms with E-state index in [9.17, 15) is 4.39 Å². The minimum atomic E-state index is -1.12. The van der Waals surface area contributed by atoms with Gasteiger partial charge in [0.2, 0.25) is 0 Å². The third-order valence-electron chi connectivity index (χ3n) is 4.00. The van der Waals surface area contributed by atoms with Gasteiger partial charge < -0.3 is 9.64 Å². The van der Waals surface area contributed by atoms with Gasteiger partial charge in [-0.3, -0.25) is 0 Å². The number of hydrogen-bond donors (Lipinski definition) is 0. The van der Waals surface area contributed by atoms with E-state index >= 15 is 0 Å². The molecule has 0 fully saturated rings. The lowest BCUT2D eigenvalue weighted by molar-refractivity contribution is 0.0819. The lowest BCUT2D eigenvalue weighted by Crippen LogP contribution is -2.30. The molecule has 0 aromatic heterocycles. The van der Waals surface area contributed by atoms with Crippen LogP contribution >= 0.6 is 0 Å². The van der Waals surface area contributed by atoms with E-state index in [0.717, 1.165) is 16.3 Å². The van der Waals surface area contributed by atoms with Crippen molar-refractivity contribution >= 4 is 10.8 Å². The molecule has 24 heavy (non-hydrogen) atoms. The Morgan fingerprint density at radius 1 is 0.875 bits per heavy atom. The van der Waals surface area contributed by atoms with Crippen LogP contribution in [0.3, 0.4) is 0 Å². The summed E-state index contributed by atoms with van der Waals surface area (Å²) in [7, 11) is 3.74. The standard InChI is InChI=1S/C21H22FNO/c1-23(2)15-19(22)21(17-10-4-3-5-11-17)24-20-14-8-12-16-9-6-7-13-18(16)20/h3-14,19,21H,15H2,1-2H3/t19-,21-/m1/s1. The predicted molar refractivity (Wildman–Crippen MR) is 97.2 cm³/mol. The van der Waals surface area contributed by atoms with Crippen LogP contribution < -0.4 is 4.74 Å². The fourth-order valence-corrected chi connectivity index (χ4v) is 2.87. The summed E-state index contributed by atoms with van der Waals surface area (Å²) in [6, 6.07) is 23.5. The molecule has 3 aromatic rings. The Kier molecular flexibility index (Phi) is 5.11. The van der Waals surface area contributed by atoms with Gasteiger partial charge >= 0.3 is 0 Å². The predicted octanol–water partition coefficient (Wildman–Crippen LogP) is 4.86. The molecule has 3 aromatic carbocycles. The average Bonchev–Trinajstić information content (AvgIpc) is 2.60. The fourth-order valence-electron chi connectivity index (χ4n) is 2.87. The van der Waals surface area contributed by atoms with Crippen molar-refractivity contribution in [1.29, 1.82) is 0 Å². The van der Waals surface area contributed by atoms with Gasteiger partial charge in [0.1, 0.15) is 5.75 Å². The Morgan fingerprint density at radius 3 is 2.29 bits per heavy atom. The van der Waals surface area contributed by atoms with Crippen LogP contribution in [0, 0.1) is 0 Å². The van der Waals surface area contributed by atoms with Gasteiger partial charge in [-0.15, -0.1) is 0 Å². The summed E-state index contributed by atoms with van der Waals surface area (Å²) in [5.74, 6) is 0.711. The lowest BCUT2D eigenvalue weighted by atomic mass is 10.0. The number of hydrogen-bond acceptors (Lipinski definition) is 2. The van der Waals surface area contributed by atoms with Gasteiger partial charge in [-0.2, -0.15) is 0 Å². The van der Waals surface area contributed by atoms with E-state index in [2.05, 4.69) is 0 Å². The van der Waals surface area contributed by atoms with E-state index in [1.165, 1.54) is 0 Å². The Balaban J connectivity index is 1.96. The minimum absolute atomic E-state index is 0.310. The van der Waals surface area contributed by atoms with Crippen molar-refractivity contribution in [2.24, 2.45) is 0 Å². The number of rotatable bonds is 6. The van der Waals surface area contributed by atoms with Crippen molar-refractivity contribution in [1.82, 2.24) is 4.90 Å². The van der Waals surface area contributed by atoms with Crippen LogP contribution in [0.1, 0.15) is 11.7 Å². The van der Waals surface area contributed by atoms with Crippen molar-refractivity contribution in [2.75, 3.05) is 20.6 Å². The van der Waals surface area contributed by atoms with Gasteiger partial charge in [-0.1, -0.05) is 66.7 Å². The third-order valence-corrected chi connectivity index (χ3v) is 4.00. The molecule has 0 saturated heterocycles. The normalized spacial score (nSPS) is 13.8. The number of alkyl halides is 1. The van der Waals surface area contributed by atoms with Crippen LogP contribution in [0.15, 0.2) is 72.8 Å². The molecule has 0 spiro atoms. The summed E-state index contributed by atoms with van der Waals surface area (Å²) < 4.78 is 21.1. The largest absolute Gasteiger partial charge is 0.482 e. The molecule has 0 unspecified atom stereocenters. The Hall–Kier alpha value is -2.39. The van der Waals surface area contributed by atoms with Crippen LogP contribution in [0.2, 0.25) is 0 Å². The van der Waals surface area contributed by atoms with Crippen molar-refractivity contribution in [3.63, 3.8) is 0 Å². The molecule has 0 saturated carbocycles. The van der Waals surface area contributed by atoms with Crippen LogP contribution in [0.5, 0.6) is 5.75 Å². The van der Waals surface area contributed by atoms with Crippen molar-refractivity contribution in [3.05, 3.63) is 78.4 Å². The molecule has 0 aliphatic heterocycles. The second kappa shape index (κ2) is 7.45. The van der Waals surface area contributed by atoms with Gasteiger partial charge in [-0.25, -0.2) is 4.39 Å². The van der Waals surface area contributed by atoms with Crippen molar-refractivity contribution < 1.29 is 9.13 Å². The van der Waals surface area contributed by atoms with E-state index in [4.69, 9.17) is 4.74 Å². The van der Waals surface area contributed by atoms with Gasteiger partial charge in [0.05, 0.1) is 0 Å². The van der Waals surface area contributed by atoms with Crippen molar-refractivity contribution in [2.45, 2.75) is 12.3 Å². The molecule has 2 atom stereocenters. The molecule has 0 aliphatic rings. The second-order valence-electron chi connectivity index (χ2n) is 6.20. The number of nitrogens with zero attached hydrogens (tertiary/aromatic N) is 1. The van der Waals surface area contributed by atoms with E-state index in [-0.39, 0.29) is 0 Å². The maximum atomic E-state index is 14.9. The lowest BCUT2D eigenvalue weighted by Gasteiger charge is -2.25. The number of halogens is 1. The fraction of sp³-hybridized carbons (Fsp3) is 0.238. The summed E-state index contributed by atoms with van der Waals surface area (Å²) in [5.41, 5.74) is 0.847. The molecule has 124 valence electrons. The second-order valence-corrected chi connectivity index (χ2v) is 6.20. The molecule has 0 radical (unpaired) electrons. The molecule has 2 nitrogen and oxygen atoms in total. The van der Waals surface area contributed by atoms with E-state index < -0.39 is 12.3 Å². The molecular formula is C21H22FNO. The maximum absolute atomic E-state index is 14.9. The molecule has 0 amide bonds. The smallest absolute Gasteiger partial charge is 0.156 e. The van der Waals surface area contributed by atoms with E-state index in [1.807, 2.05) is 91.8 Å². The van der Waals surface area contributed by atoms with Crippen molar-refractivity contribution in [3.8, 4) is 5.75 Å². The van der Waals surface area contributed by atoms with E-state index in [0.29, 0.717) is 12.3 Å². The summed E-state index contributed by atoms with van der Waals surface area (Å²) in [6.45, 7) is 0.310. The first-order chi connectivity index (χ1) is 11.6. The highest BCUT2D eigenvalue weighted by molar-refractivity contribution is 5.88. The van der Waals surface area contributed by atoms with Crippen LogP contribution in [0.25, 0.3) is 10.8 Å². The highest BCUT2D eigenvalue weighted by atomic mass is 19.1. The number of fused-ring (bicyclic) bond motifs is 1. The topological polar surface area (TPSA) is 12.5 Å².